The van der Waals surface area contributed by atoms with Gasteiger partial charge in [0.05, 0.1) is 24.7 Å². The summed E-state index contributed by atoms with van der Waals surface area (Å²) in [6, 6.07) is 24.4. The molecule has 0 radical (unpaired) electrons. The molecule has 1 heterocycles. The average Bonchev–Trinajstić information content (AvgIpc) is 2.80. The molecule has 4 rings (SSSR count). The molecule has 0 saturated heterocycles. The molecule has 0 fully saturated rings. The maximum atomic E-state index is 13.2. The van der Waals surface area contributed by atoms with Crippen LogP contribution in [0.2, 0.25) is 0 Å². The quantitative estimate of drug-likeness (QED) is 0.539. The van der Waals surface area contributed by atoms with Crippen molar-refractivity contribution in [2.24, 2.45) is 0 Å². The van der Waals surface area contributed by atoms with E-state index in [1.165, 1.54) is 0 Å². The number of ether oxygens (including phenoxy) is 1. The molecule has 0 saturated carbocycles. The standard InChI is InChI=1S/C24H21N3O3/c1-30-19-11-7-10-18(14-19)15-25-23(28)22-24(29)27(16-17-8-3-2-4-9-17)21-13-6-5-12-20(21)26-22/h2-14H,15-16H2,1H3,(H,25,28). The predicted molar refractivity (Wildman–Crippen MR) is 116 cm³/mol. The van der Waals surface area contributed by atoms with E-state index in [1.807, 2.05) is 72.8 Å². The number of para-hydroxylation sites is 2. The highest BCUT2D eigenvalue weighted by Crippen LogP contribution is 2.14. The maximum absolute atomic E-state index is 13.2. The van der Waals surface area contributed by atoms with E-state index in [9.17, 15) is 9.59 Å². The van der Waals surface area contributed by atoms with Crippen molar-refractivity contribution in [1.29, 1.82) is 0 Å². The van der Waals surface area contributed by atoms with E-state index >= 15 is 0 Å². The maximum Gasteiger partial charge on any atom is 0.283 e. The molecule has 4 aromatic rings. The zero-order valence-corrected chi connectivity index (χ0v) is 16.5. The third-order valence-electron chi connectivity index (χ3n) is 4.84. The Bertz CT molecular complexity index is 1250. The van der Waals surface area contributed by atoms with Gasteiger partial charge in [-0.3, -0.25) is 9.59 Å². The number of amides is 1. The summed E-state index contributed by atoms with van der Waals surface area (Å²) < 4.78 is 6.80. The summed E-state index contributed by atoms with van der Waals surface area (Å²) in [6.07, 6.45) is 0. The molecule has 6 heteroatoms. The summed E-state index contributed by atoms with van der Waals surface area (Å²) >= 11 is 0. The molecule has 0 aliphatic carbocycles. The van der Waals surface area contributed by atoms with Crippen molar-refractivity contribution in [3.8, 4) is 5.75 Å². The van der Waals surface area contributed by atoms with Gasteiger partial charge < -0.3 is 14.6 Å². The highest BCUT2D eigenvalue weighted by Gasteiger charge is 2.17. The van der Waals surface area contributed by atoms with Gasteiger partial charge in [-0.1, -0.05) is 54.6 Å². The van der Waals surface area contributed by atoms with Gasteiger partial charge in [0.25, 0.3) is 11.5 Å². The van der Waals surface area contributed by atoms with E-state index in [1.54, 1.807) is 17.7 Å². The SMILES string of the molecule is COc1cccc(CNC(=O)c2nc3ccccc3n(Cc3ccccc3)c2=O)c1. The number of carbonyl (C=O) groups excluding carboxylic acids is 1. The average molecular weight is 399 g/mol. The molecule has 6 nitrogen and oxygen atoms in total. The number of hydrogen-bond acceptors (Lipinski definition) is 4. The second-order valence-corrected chi connectivity index (χ2v) is 6.86. The van der Waals surface area contributed by atoms with Gasteiger partial charge in [-0.05, 0) is 35.4 Å². The molecular weight excluding hydrogens is 378 g/mol. The van der Waals surface area contributed by atoms with E-state index < -0.39 is 11.5 Å². The minimum Gasteiger partial charge on any atom is -0.497 e. The minimum atomic E-state index is -0.504. The van der Waals surface area contributed by atoms with Crippen LogP contribution in [0.3, 0.4) is 0 Å². The zero-order chi connectivity index (χ0) is 20.9. The van der Waals surface area contributed by atoms with E-state index in [2.05, 4.69) is 10.3 Å². The van der Waals surface area contributed by atoms with Gasteiger partial charge in [0.2, 0.25) is 0 Å². The Hall–Kier alpha value is -3.93. The Morgan fingerprint density at radius 2 is 1.70 bits per heavy atom. The first-order valence-corrected chi connectivity index (χ1v) is 9.60. The van der Waals surface area contributed by atoms with Crippen LogP contribution in [0.15, 0.2) is 83.7 Å². The van der Waals surface area contributed by atoms with Crippen molar-refractivity contribution < 1.29 is 9.53 Å². The van der Waals surface area contributed by atoms with E-state index in [0.717, 1.165) is 11.1 Å². The van der Waals surface area contributed by atoms with Gasteiger partial charge in [0.1, 0.15) is 5.75 Å². The van der Waals surface area contributed by atoms with Gasteiger partial charge in [0, 0.05) is 6.54 Å². The summed E-state index contributed by atoms with van der Waals surface area (Å²) in [5.74, 6) is 0.200. The van der Waals surface area contributed by atoms with Crippen molar-refractivity contribution in [2.45, 2.75) is 13.1 Å². The molecule has 1 aromatic heterocycles. The largest absolute Gasteiger partial charge is 0.497 e. The molecule has 3 aromatic carbocycles. The summed E-state index contributed by atoms with van der Waals surface area (Å²) in [4.78, 5) is 30.3. The predicted octanol–water partition coefficient (Wildman–Crippen LogP) is 3.38. The first kappa shape index (κ1) is 19.4. The molecule has 0 atom stereocenters. The molecule has 0 aliphatic heterocycles. The number of aromatic nitrogens is 2. The van der Waals surface area contributed by atoms with Crippen molar-refractivity contribution in [3.05, 3.63) is 106 Å². The Kier molecular flexibility index (Phi) is 5.57. The zero-order valence-electron chi connectivity index (χ0n) is 16.5. The lowest BCUT2D eigenvalue weighted by molar-refractivity contribution is 0.0944. The fourth-order valence-electron chi connectivity index (χ4n) is 3.31. The van der Waals surface area contributed by atoms with Gasteiger partial charge in [-0.15, -0.1) is 0 Å². The van der Waals surface area contributed by atoms with Crippen molar-refractivity contribution in [1.82, 2.24) is 14.9 Å². The first-order chi connectivity index (χ1) is 14.7. The third-order valence-corrected chi connectivity index (χ3v) is 4.84. The van der Waals surface area contributed by atoms with Crippen molar-refractivity contribution in [2.75, 3.05) is 7.11 Å². The summed E-state index contributed by atoms with van der Waals surface area (Å²) in [5.41, 5.74) is 2.59. The molecule has 150 valence electrons. The molecule has 30 heavy (non-hydrogen) atoms. The van der Waals surface area contributed by atoms with Crippen LogP contribution in [-0.2, 0) is 13.1 Å². The highest BCUT2D eigenvalue weighted by atomic mass is 16.5. The number of fused-ring (bicyclic) bond motifs is 1. The number of benzene rings is 3. The monoisotopic (exact) mass is 399 g/mol. The third kappa shape index (κ3) is 4.07. The Morgan fingerprint density at radius 1 is 0.967 bits per heavy atom. The number of hydrogen-bond donors (Lipinski definition) is 1. The lowest BCUT2D eigenvalue weighted by Crippen LogP contribution is -2.34. The number of nitrogens with one attached hydrogen (secondary N) is 1. The number of carbonyl (C=O) groups is 1. The Balaban J connectivity index is 1.67. The fraction of sp³-hybridized carbons (Fsp3) is 0.125. The van der Waals surface area contributed by atoms with Crippen LogP contribution in [0, 0.1) is 0 Å². The summed E-state index contributed by atoms with van der Waals surface area (Å²) in [5, 5.41) is 2.79. The molecule has 0 spiro atoms. The van der Waals surface area contributed by atoms with Crippen LogP contribution in [0.1, 0.15) is 21.6 Å². The summed E-state index contributed by atoms with van der Waals surface area (Å²) in [6.45, 7) is 0.627. The van der Waals surface area contributed by atoms with E-state index in [0.29, 0.717) is 23.3 Å². The number of methoxy groups -OCH3 is 1. The Labute approximate surface area is 173 Å². The molecule has 0 aliphatic rings. The fourth-order valence-corrected chi connectivity index (χ4v) is 3.31. The highest BCUT2D eigenvalue weighted by molar-refractivity contribution is 5.93. The lowest BCUT2D eigenvalue weighted by Gasteiger charge is -2.13. The van der Waals surface area contributed by atoms with Crippen LogP contribution in [0.5, 0.6) is 5.75 Å². The van der Waals surface area contributed by atoms with Crippen LogP contribution < -0.4 is 15.6 Å². The van der Waals surface area contributed by atoms with Crippen LogP contribution in [0.25, 0.3) is 11.0 Å². The molecule has 0 unspecified atom stereocenters. The van der Waals surface area contributed by atoms with Crippen LogP contribution in [-0.4, -0.2) is 22.6 Å². The normalized spacial score (nSPS) is 10.7. The van der Waals surface area contributed by atoms with E-state index in [4.69, 9.17) is 4.74 Å². The Morgan fingerprint density at radius 3 is 2.50 bits per heavy atom. The van der Waals surface area contributed by atoms with Gasteiger partial charge in [-0.25, -0.2) is 4.98 Å². The lowest BCUT2D eigenvalue weighted by atomic mass is 10.2. The second-order valence-electron chi connectivity index (χ2n) is 6.86. The molecular formula is C24H21N3O3. The first-order valence-electron chi connectivity index (χ1n) is 9.60. The van der Waals surface area contributed by atoms with Gasteiger partial charge >= 0.3 is 0 Å². The number of rotatable bonds is 6. The van der Waals surface area contributed by atoms with Crippen LogP contribution in [0.4, 0.5) is 0 Å². The van der Waals surface area contributed by atoms with Crippen molar-refractivity contribution >= 4 is 16.9 Å². The van der Waals surface area contributed by atoms with Gasteiger partial charge in [-0.2, -0.15) is 0 Å². The molecule has 1 amide bonds. The van der Waals surface area contributed by atoms with E-state index in [-0.39, 0.29) is 12.2 Å². The minimum absolute atomic E-state index is 0.118. The molecule has 1 N–H and O–H groups in total. The second kappa shape index (κ2) is 8.61. The molecule has 0 bridgehead atoms. The van der Waals surface area contributed by atoms with Crippen molar-refractivity contribution in [3.63, 3.8) is 0 Å². The number of nitrogens with zero attached hydrogens (tertiary/aromatic N) is 2. The van der Waals surface area contributed by atoms with Gasteiger partial charge in [0.15, 0.2) is 5.69 Å². The topological polar surface area (TPSA) is 73.2 Å². The smallest absolute Gasteiger partial charge is 0.283 e. The summed E-state index contributed by atoms with van der Waals surface area (Å²) in [7, 11) is 1.59. The van der Waals surface area contributed by atoms with Crippen LogP contribution >= 0.6 is 0 Å².